The SMILES string of the molecule is CCC(C)(C)NC1C[C@@H]2CCC[C@H]12. The van der Waals surface area contributed by atoms with E-state index in [1.165, 1.54) is 32.1 Å². The standard InChI is InChI=1S/C12H23N/c1-4-12(2,3)13-11-8-9-6-5-7-10(9)11/h9-11,13H,4-8H2,1-3H3/t9-,10-,11?/m0/s1. The minimum absolute atomic E-state index is 0.359. The molecular formula is C12H23N. The Morgan fingerprint density at radius 1 is 1.31 bits per heavy atom. The van der Waals surface area contributed by atoms with Gasteiger partial charge in [0, 0.05) is 11.6 Å². The summed E-state index contributed by atoms with van der Waals surface area (Å²) in [5.41, 5.74) is 0.359. The number of hydrogen-bond acceptors (Lipinski definition) is 1. The molecular weight excluding hydrogens is 158 g/mol. The molecule has 0 aromatic heterocycles. The highest BCUT2D eigenvalue weighted by Gasteiger charge is 2.44. The van der Waals surface area contributed by atoms with Gasteiger partial charge in [-0.3, -0.25) is 0 Å². The molecule has 1 heteroatoms. The first-order valence-corrected chi connectivity index (χ1v) is 5.90. The molecule has 2 aliphatic carbocycles. The zero-order valence-corrected chi connectivity index (χ0v) is 9.27. The Bertz CT molecular complexity index is 186. The van der Waals surface area contributed by atoms with Crippen LogP contribution in [0.25, 0.3) is 0 Å². The molecule has 2 saturated carbocycles. The smallest absolute Gasteiger partial charge is 0.0125 e. The van der Waals surface area contributed by atoms with Crippen molar-refractivity contribution >= 4 is 0 Å². The van der Waals surface area contributed by atoms with Gasteiger partial charge < -0.3 is 5.32 Å². The molecule has 0 aromatic rings. The summed E-state index contributed by atoms with van der Waals surface area (Å²) in [6, 6.07) is 0.849. The van der Waals surface area contributed by atoms with Gasteiger partial charge in [0.25, 0.3) is 0 Å². The van der Waals surface area contributed by atoms with Crippen LogP contribution in [0, 0.1) is 11.8 Å². The fraction of sp³-hybridized carbons (Fsp3) is 1.00. The topological polar surface area (TPSA) is 12.0 Å². The molecule has 76 valence electrons. The van der Waals surface area contributed by atoms with Gasteiger partial charge in [0.2, 0.25) is 0 Å². The Balaban J connectivity index is 1.84. The summed E-state index contributed by atoms with van der Waals surface area (Å²) in [6.45, 7) is 6.93. The van der Waals surface area contributed by atoms with E-state index in [2.05, 4.69) is 26.1 Å². The molecule has 1 unspecified atom stereocenters. The summed E-state index contributed by atoms with van der Waals surface area (Å²) in [4.78, 5) is 0. The van der Waals surface area contributed by atoms with Crippen LogP contribution in [0.15, 0.2) is 0 Å². The molecule has 0 aliphatic heterocycles. The molecule has 2 aliphatic rings. The van der Waals surface area contributed by atoms with E-state index in [0.717, 1.165) is 17.9 Å². The maximum Gasteiger partial charge on any atom is 0.0125 e. The van der Waals surface area contributed by atoms with Crippen molar-refractivity contribution < 1.29 is 0 Å². The number of fused-ring (bicyclic) bond motifs is 1. The Kier molecular flexibility index (Phi) is 2.39. The molecule has 1 N–H and O–H groups in total. The number of hydrogen-bond donors (Lipinski definition) is 1. The number of nitrogens with one attached hydrogen (secondary N) is 1. The van der Waals surface area contributed by atoms with Crippen molar-refractivity contribution in [2.24, 2.45) is 11.8 Å². The van der Waals surface area contributed by atoms with Crippen LogP contribution in [0.1, 0.15) is 52.9 Å². The highest BCUT2D eigenvalue weighted by atomic mass is 15.0. The van der Waals surface area contributed by atoms with Crippen molar-refractivity contribution in [3.05, 3.63) is 0 Å². The van der Waals surface area contributed by atoms with Crippen LogP contribution in [-0.2, 0) is 0 Å². The predicted octanol–water partition coefficient (Wildman–Crippen LogP) is 2.95. The van der Waals surface area contributed by atoms with Crippen LogP contribution in [0.2, 0.25) is 0 Å². The van der Waals surface area contributed by atoms with Crippen LogP contribution < -0.4 is 5.32 Å². The Morgan fingerprint density at radius 2 is 2.08 bits per heavy atom. The summed E-state index contributed by atoms with van der Waals surface area (Å²) in [5, 5.41) is 3.81. The minimum atomic E-state index is 0.359. The van der Waals surface area contributed by atoms with Crippen LogP contribution in [0.5, 0.6) is 0 Å². The molecule has 0 saturated heterocycles. The largest absolute Gasteiger partial charge is 0.309 e. The molecule has 1 nitrogen and oxygen atoms in total. The third-order valence-corrected chi connectivity index (χ3v) is 4.25. The van der Waals surface area contributed by atoms with E-state index in [4.69, 9.17) is 0 Å². The lowest BCUT2D eigenvalue weighted by Crippen LogP contribution is -2.55. The Morgan fingerprint density at radius 3 is 2.69 bits per heavy atom. The predicted molar refractivity (Wildman–Crippen MR) is 56.7 cm³/mol. The quantitative estimate of drug-likeness (QED) is 0.706. The van der Waals surface area contributed by atoms with E-state index in [1.54, 1.807) is 0 Å². The lowest BCUT2D eigenvalue weighted by atomic mass is 9.70. The molecule has 3 atom stereocenters. The Labute approximate surface area is 82.3 Å². The van der Waals surface area contributed by atoms with Gasteiger partial charge in [-0.2, -0.15) is 0 Å². The van der Waals surface area contributed by atoms with Crippen molar-refractivity contribution in [2.75, 3.05) is 0 Å². The van der Waals surface area contributed by atoms with Gasteiger partial charge >= 0.3 is 0 Å². The van der Waals surface area contributed by atoms with Crippen LogP contribution in [-0.4, -0.2) is 11.6 Å². The molecule has 0 radical (unpaired) electrons. The third kappa shape index (κ3) is 1.76. The van der Waals surface area contributed by atoms with Gasteiger partial charge in [0.1, 0.15) is 0 Å². The maximum absolute atomic E-state index is 3.81. The molecule has 2 rings (SSSR count). The maximum atomic E-state index is 3.81. The summed E-state index contributed by atoms with van der Waals surface area (Å²) in [6.07, 6.45) is 7.17. The third-order valence-electron chi connectivity index (χ3n) is 4.25. The summed E-state index contributed by atoms with van der Waals surface area (Å²) in [7, 11) is 0. The first kappa shape index (κ1) is 9.51. The lowest BCUT2D eigenvalue weighted by molar-refractivity contribution is 0.106. The van der Waals surface area contributed by atoms with Crippen LogP contribution >= 0.6 is 0 Å². The van der Waals surface area contributed by atoms with E-state index in [1.807, 2.05) is 0 Å². The van der Waals surface area contributed by atoms with E-state index in [0.29, 0.717) is 5.54 Å². The molecule has 0 amide bonds. The van der Waals surface area contributed by atoms with Gasteiger partial charge in [-0.1, -0.05) is 19.8 Å². The van der Waals surface area contributed by atoms with Gasteiger partial charge in [-0.05, 0) is 44.9 Å². The Hall–Kier alpha value is -0.0400. The minimum Gasteiger partial charge on any atom is -0.309 e. The highest BCUT2D eigenvalue weighted by molar-refractivity contribution is 5.00. The lowest BCUT2D eigenvalue weighted by Gasteiger charge is -2.45. The second-order valence-electron chi connectivity index (χ2n) is 5.58. The van der Waals surface area contributed by atoms with E-state index < -0.39 is 0 Å². The first-order valence-electron chi connectivity index (χ1n) is 5.90. The van der Waals surface area contributed by atoms with Gasteiger partial charge in [-0.15, -0.1) is 0 Å². The van der Waals surface area contributed by atoms with Crippen LogP contribution in [0.3, 0.4) is 0 Å². The second kappa shape index (κ2) is 3.27. The van der Waals surface area contributed by atoms with Crippen molar-refractivity contribution in [3.8, 4) is 0 Å². The first-order chi connectivity index (χ1) is 6.12. The highest BCUT2D eigenvalue weighted by Crippen LogP contribution is 2.47. The summed E-state index contributed by atoms with van der Waals surface area (Å²) in [5.74, 6) is 2.12. The van der Waals surface area contributed by atoms with Crippen LogP contribution in [0.4, 0.5) is 0 Å². The zero-order valence-electron chi connectivity index (χ0n) is 9.27. The number of rotatable bonds is 3. The monoisotopic (exact) mass is 181 g/mol. The fourth-order valence-electron chi connectivity index (χ4n) is 2.96. The average Bonchev–Trinajstić information content (AvgIpc) is 2.43. The molecule has 0 aromatic carbocycles. The summed E-state index contributed by atoms with van der Waals surface area (Å²) >= 11 is 0. The average molecular weight is 181 g/mol. The summed E-state index contributed by atoms with van der Waals surface area (Å²) < 4.78 is 0. The molecule has 2 fully saturated rings. The van der Waals surface area contributed by atoms with Gasteiger partial charge in [0.15, 0.2) is 0 Å². The zero-order chi connectivity index (χ0) is 9.47. The van der Waals surface area contributed by atoms with Crippen molar-refractivity contribution in [1.82, 2.24) is 5.32 Å². The normalized spacial score (nSPS) is 38.5. The van der Waals surface area contributed by atoms with Crippen molar-refractivity contribution in [3.63, 3.8) is 0 Å². The van der Waals surface area contributed by atoms with Gasteiger partial charge in [-0.25, -0.2) is 0 Å². The molecule has 0 bridgehead atoms. The molecule has 0 spiro atoms. The molecule has 0 heterocycles. The van der Waals surface area contributed by atoms with Gasteiger partial charge in [0.05, 0.1) is 0 Å². The molecule has 13 heavy (non-hydrogen) atoms. The van der Waals surface area contributed by atoms with E-state index in [9.17, 15) is 0 Å². The second-order valence-corrected chi connectivity index (χ2v) is 5.58. The van der Waals surface area contributed by atoms with E-state index in [-0.39, 0.29) is 0 Å². The fourth-order valence-corrected chi connectivity index (χ4v) is 2.96. The van der Waals surface area contributed by atoms with Crippen molar-refractivity contribution in [2.45, 2.75) is 64.5 Å². The van der Waals surface area contributed by atoms with E-state index >= 15 is 0 Å². The van der Waals surface area contributed by atoms with Crippen molar-refractivity contribution in [1.29, 1.82) is 0 Å².